The van der Waals surface area contributed by atoms with Gasteiger partial charge in [0.15, 0.2) is 0 Å². The molecule has 25 heavy (non-hydrogen) atoms. The molecule has 0 N–H and O–H groups in total. The molecule has 3 aromatic carbocycles. The first-order valence-corrected chi connectivity index (χ1v) is 11.3. The fourth-order valence-electron chi connectivity index (χ4n) is 2.86. The van der Waals surface area contributed by atoms with Crippen molar-refractivity contribution >= 4 is 40.1 Å². The van der Waals surface area contributed by atoms with Crippen LogP contribution in [0.4, 0.5) is 5.69 Å². The third-order valence-corrected chi connectivity index (χ3v) is 5.92. The van der Waals surface area contributed by atoms with Crippen molar-refractivity contribution in [2.45, 2.75) is 20.0 Å². The minimum Gasteiger partial charge on any atom is -0.362 e. The maximum absolute atomic E-state index is 6.31. The Labute approximate surface area is 160 Å². The van der Waals surface area contributed by atoms with Crippen molar-refractivity contribution in [2.75, 3.05) is 4.90 Å². The summed E-state index contributed by atoms with van der Waals surface area (Å²) in [5.41, 5.74) is 4.84. The second kappa shape index (κ2) is 8.72. The van der Waals surface area contributed by atoms with Gasteiger partial charge in [0, 0.05) is 24.1 Å². The number of halogens is 2. The Balaban J connectivity index is 2.00. The van der Waals surface area contributed by atoms with Crippen LogP contribution in [-0.4, -0.2) is 0 Å². The first-order valence-electron chi connectivity index (χ1n) is 8.18. The SMILES string of the molecule is Cc1ccc(P(Cl)Cl)c(N(Cc2ccccc2)Cc2ccccc2)c1. The van der Waals surface area contributed by atoms with Gasteiger partial charge in [-0.25, -0.2) is 0 Å². The average Bonchev–Trinajstić information content (AvgIpc) is 2.62. The van der Waals surface area contributed by atoms with Crippen LogP contribution in [0.1, 0.15) is 16.7 Å². The summed E-state index contributed by atoms with van der Waals surface area (Å²) in [6, 6.07) is 27.3. The van der Waals surface area contributed by atoms with Crippen LogP contribution in [0.15, 0.2) is 78.9 Å². The molecular formula is C21H20Cl2NP. The summed E-state index contributed by atoms with van der Waals surface area (Å²) in [5, 5.41) is 1.01. The standard InChI is InChI=1S/C21H20Cl2NP/c1-17-12-13-21(25(22)23)20(14-17)24(15-18-8-4-2-5-9-18)16-19-10-6-3-7-11-19/h2-14H,15-16H2,1H3. The van der Waals surface area contributed by atoms with Crippen LogP contribution in [0.3, 0.4) is 0 Å². The van der Waals surface area contributed by atoms with E-state index in [2.05, 4.69) is 78.6 Å². The molecule has 0 radical (unpaired) electrons. The van der Waals surface area contributed by atoms with Crippen molar-refractivity contribution in [3.05, 3.63) is 95.6 Å². The van der Waals surface area contributed by atoms with Crippen LogP contribution in [0.25, 0.3) is 0 Å². The lowest BCUT2D eigenvalue weighted by Crippen LogP contribution is -2.26. The first-order chi connectivity index (χ1) is 12.1. The van der Waals surface area contributed by atoms with E-state index in [4.69, 9.17) is 22.5 Å². The molecule has 0 amide bonds. The summed E-state index contributed by atoms with van der Waals surface area (Å²) in [5.74, 6) is 0. The van der Waals surface area contributed by atoms with Crippen LogP contribution in [0.2, 0.25) is 0 Å². The summed E-state index contributed by atoms with van der Waals surface area (Å²) in [7, 11) is 0. The van der Waals surface area contributed by atoms with Crippen LogP contribution >= 0.6 is 29.1 Å². The largest absolute Gasteiger partial charge is 0.362 e. The molecule has 0 heterocycles. The Morgan fingerprint density at radius 1 is 0.760 bits per heavy atom. The number of hydrogen-bond donors (Lipinski definition) is 0. The molecule has 0 aliphatic carbocycles. The van der Waals surface area contributed by atoms with E-state index < -0.39 is 6.63 Å². The Morgan fingerprint density at radius 2 is 1.28 bits per heavy atom. The predicted molar refractivity (Wildman–Crippen MR) is 112 cm³/mol. The van der Waals surface area contributed by atoms with Gasteiger partial charge in [-0.1, -0.05) is 89.2 Å². The third kappa shape index (κ3) is 4.98. The van der Waals surface area contributed by atoms with Gasteiger partial charge in [-0.05, 0) is 35.7 Å². The molecule has 3 aromatic rings. The van der Waals surface area contributed by atoms with Gasteiger partial charge in [0.25, 0.3) is 0 Å². The van der Waals surface area contributed by atoms with Gasteiger partial charge in [0.1, 0.15) is 6.63 Å². The van der Waals surface area contributed by atoms with E-state index in [-0.39, 0.29) is 0 Å². The molecule has 128 valence electrons. The van der Waals surface area contributed by atoms with E-state index in [0.29, 0.717) is 0 Å². The van der Waals surface area contributed by atoms with Gasteiger partial charge in [-0.2, -0.15) is 0 Å². The molecule has 0 spiro atoms. The Morgan fingerprint density at radius 3 is 1.76 bits per heavy atom. The van der Waals surface area contributed by atoms with Crippen molar-refractivity contribution < 1.29 is 0 Å². The van der Waals surface area contributed by atoms with E-state index in [1.165, 1.54) is 16.7 Å². The molecule has 3 rings (SSSR count). The highest BCUT2D eigenvalue weighted by molar-refractivity contribution is 8.09. The zero-order valence-electron chi connectivity index (χ0n) is 14.1. The van der Waals surface area contributed by atoms with Gasteiger partial charge < -0.3 is 4.90 Å². The monoisotopic (exact) mass is 387 g/mol. The van der Waals surface area contributed by atoms with Crippen LogP contribution < -0.4 is 10.2 Å². The van der Waals surface area contributed by atoms with Gasteiger partial charge in [0.2, 0.25) is 0 Å². The first kappa shape index (κ1) is 18.3. The minimum atomic E-state index is -1.21. The zero-order chi connectivity index (χ0) is 17.6. The zero-order valence-corrected chi connectivity index (χ0v) is 16.5. The van der Waals surface area contributed by atoms with Gasteiger partial charge in [-0.15, -0.1) is 0 Å². The van der Waals surface area contributed by atoms with Gasteiger partial charge >= 0.3 is 0 Å². The van der Waals surface area contributed by atoms with Crippen molar-refractivity contribution in [2.24, 2.45) is 0 Å². The second-order valence-electron chi connectivity index (χ2n) is 6.05. The number of aryl methyl sites for hydroxylation is 1. The van der Waals surface area contributed by atoms with Crippen molar-refractivity contribution in [1.82, 2.24) is 0 Å². The van der Waals surface area contributed by atoms with Crippen molar-refractivity contribution in [1.29, 1.82) is 0 Å². The predicted octanol–water partition coefficient (Wildman–Crippen LogP) is 6.62. The highest BCUT2D eigenvalue weighted by Crippen LogP contribution is 2.48. The highest BCUT2D eigenvalue weighted by Gasteiger charge is 2.17. The maximum atomic E-state index is 6.31. The molecule has 0 saturated carbocycles. The van der Waals surface area contributed by atoms with Gasteiger partial charge in [0.05, 0.1) is 0 Å². The van der Waals surface area contributed by atoms with Crippen LogP contribution in [0.5, 0.6) is 0 Å². The van der Waals surface area contributed by atoms with Crippen molar-refractivity contribution in [3.63, 3.8) is 0 Å². The molecule has 1 nitrogen and oxygen atoms in total. The molecule has 0 fully saturated rings. The number of anilines is 1. The van der Waals surface area contributed by atoms with Crippen molar-refractivity contribution in [3.8, 4) is 0 Å². The Hall–Kier alpha value is -1.53. The summed E-state index contributed by atoms with van der Waals surface area (Å²) in [6.07, 6.45) is 0. The molecule has 0 saturated heterocycles. The minimum absolute atomic E-state index is 0.809. The molecular weight excluding hydrogens is 368 g/mol. The van der Waals surface area contributed by atoms with E-state index in [0.717, 1.165) is 24.1 Å². The molecule has 0 unspecified atom stereocenters. The maximum Gasteiger partial charge on any atom is 0.119 e. The molecule has 4 heteroatoms. The highest BCUT2D eigenvalue weighted by atomic mass is 35.9. The summed E-state index contributed by atoms with van der Waals surface area (Å²) in [6.45, 7) is 2.51. The fraction of sp³-hybridized carbons (Fsp3) is 0.143. The smallest absolute Gasteiger partial charge is 0.119 e. The summed E-state index contributed by atoms with van der Waals surface area (Å²) >= 11 is 12.6. The number of nitrogens with zero attached hydrogens (tertiary/aromatic N) is 1. The van der Waals surface area contributed by atoms with E-state index in [1.807, 2.05) is 12.1 Å². The normalized spacial score (nSPS) is 10.9. The van der Waals surface area contributed by atoms with Crippen LogP contribution in [0, 0.1) is 6.92 Å². The van der Waals surface area contributed by atoms with E-state index >= 15 is 0 Å². The topological polar surface area (TPSA) is 3.24 Å². The van der Waals surface area contributed by atoms with E-state index in [1.54, 1.807) is 0 Å². The van der Waals surface area contributed by atoms with E-state index in [9.17, 15) is 0 Å². The molecule has 0 aromatic heterocycles. The lowest BCUT2D eigenvalue weighted by Gasteiger charge is -2.28. The summed E-state index contributed by atoms with van der Waals surface area (Å²) in [4.78, 5) is 2.35. The molecule has 0 atom stereocenters. The number of hydrogen-bond acceptors (Lipinski definition) is 1. The average molecular weight is 388 g/mol. The third-order valence-electron chi connectivity index (χ3n) is 4.09. The lowest BCUT2D eigenvalue weighted by molar-refractivity contribution is 0.802. The number of rotatable bonds is 6. The molecule has 0 aliphatic heterocycles. The quantitative estimate of drug-likeness (QED) is 0.429. The molecule has 0 bridgehead atoms. The Bertz CT molecular complexity index is 765. The van der Waals surface area contributed by atoms with Gasteiger partial charge in [-0.3, -0.25) is 0 Å². The second-order valence-corrected chi connectivity index (χ2v) is 9.55. The summed E-state index contributed by atoms with van der Waals surface area (Å²) < 4.78 is 0. The molecule has 0 aliphatic rings. The fourth-order valence-corrected chi connectivity index (χ4v) is 4.29. The van der Waals surface area contributed by atoms with Crippen LogP contribution in [-0.2, 0) is 13.1 Å². The Kier molecular flexibility index (Phi) is 6.37. The lowest BCUT2D eigenvalue weighted by atomic mass is 10.1. The number of benzene rings is 3.